The van der Waals surface area contributed by atoms with Crippen molar-refractivity contribution in [1.29, 1.82) is 0 Å². The van der Waals surface area contributed by atoms with Crippen molar-refractivity contribution in [3.8, 4) is 11.4 Å². The van der Waals surface area contributed by atoms with E-state index in [4.69, 9.17) is 9.72 Å². The number of amides is 1. The molecule has 1 N–H and O–H groups in total. The third kappa shape index (κ3) is 5.15. The van der Waals surface area contributed by atoms with Crippen LogP contribution in [0.25, 0.3) is 16.6 Å². The molecule has 0 unspecified atom stereocenters. The summed E-state index contributed by atoms with van der Waals surface area (Å²) in [5, 5.41) is 3.90. The number of aromatic nitrogens is 2. The number of hydrogen-bond donors (Lipinski definition) is 1. The van der Waals surface area contributed by atoms with E-state index in [-0.39, 0.29) is 17.5 Å². The number of ether oxygens (including phenoxy) is 1. The third-order valence-corrected chi connectivity index (χ3v) is 6.35. The number of thioether (sulfide) groups is 1. The van der Waals surface area contributed by atoms with Gasteiger partial charge in [0.05, 0.1) is 23.7 Å². The van der Waals surface area contributed by atoms with Crippen molar-refractivity contribution in [2.24, 2.45) is 0 Å². The molecule has 4 rings (SSSR count). The van der Waals surface area contributed by atoms with Gasteiger partial charge < -0.3 is 10.1 Å². The Balaban J connectivity index is 1.81. The van der Waals surface area contributed by atoms with Crippen molar-refractivity contribution in [2.45, 2.75) is 37.7 Å². The summed E-state index contributed by atoms with van der Waals surface area (Å²) in [6.07, 6.45) is 0. The molecule has 0 fully saturated rings. The van der Waals surface area contributed by atoms with Crippen molar-refractivity contribution in [3.63, 3.8) is 0 Å². The summed E-state index contributed by atoms with van der Waals surface area (Å²) in [5.74, 6) is 1.18. The van der Waals surface area contributed by atoms with E-state index in [1.165, 1.54) is 17.3 Å². The molecule has 0 bridgehead atoms. The number of hydrogen-bond acceptors (Lipinski definition) is 5. The Morgan fingerprint density at radius 1 is 1.06 bits per heavy atom. The van der Waals surface area contributed by atoms with E-state index in [1.54, 1.807) is 29.9 Å². The maximum absolute atomic E-state index is 13.6. The molecule has 174 valence electrons. The average molecular weight is 474 g/mol. The van der Waals surface area contributed by atoms with E-state index < -0.39 is 0 Å². The molecule has 7 heteroatoms. The second kappa shape index (κ2) is 10.1. The number of rotatable bonds is 7. The molecule has 1 aromatic heterocycles. The fourth-order valence-corrected chi connectivity index (χ4v) is 4.51. The number of nitrogens with zero attached hydrogens (tertiary/aromatic N) is 2. The molecule has 4 aromatic rings. The minimum Gasteiger partial charge on any atom is -0.497 e. The molecule has 1 heterocycles. The van der Waals surface area contributed by atoms with Crippen molar-refractivity contribution in [2.75, 3.05) is 7.11 Å². The highest BCUT2D eigenvalue weighted by molar-refractivity contribution is 7.98. The molecule has 0 saturated carbocycles. The summed E-state index contributed by atoms with van der Waals surface area (Å²) in [4.78, 5) is 30.9. The SMILES string of the molecule is COc1ccc(-n2c(SCc3ccc(C)cc3)nc3cc(C(=O)NC(C)C)ccc3c2=O)cc1. The van der Waals surface area contributed by atoms with Crippen LogP contribution in [0, 0.1) is 6.92 Å². The summed E-state index contributed by atoms with van der Waals surface area (Å²) in [6, 6.07) is 20.7. The molecule has 3 aromatic carbocycles. The zero-order valence-corrected chi connectivity index (χ0v) is 20.5. The van der Waals surface area contributed by atoms with Gasteiger partial charge in [0, 0.05) is 17.4 Å². The first-order valence-electron chi connectivity index (χ1n) is 11.1. The Kier molecular flexibility index (Phi) is 7.03. The molecule has 0 aliphatic carbocycles. The van der Waals surface area contributed by atoms with Gasteiger partial charge in [0.25, 0.3) is 11.5 Å². The standard InChI is InChI=1S/C27H27N3O3S/c1-17(2)28-25(31)20-9-14-23-24(15-20)29-27(34-16-19-7-5-18(3)6-8-19)30(26(23)32)21-10-12-22(33-4)13-11-21/h5-15,17H,16H2,1-4H3,(H,28,31). The van der Waals surface area contributed by atoms with Crippen LogP contribution in [-0.2, 0) is 5.75 Å². The summed E-state index contributed by atoms with van der Waals surface area (Å²) in [5.41, 5.74) is 3.82. The number of carbonyl (C=O) groups excluding carboxylic acids is 1. The minimum atomic E-state index is -0.188. The van der Waals surface area contributed by atoms with Crippen LogP contribution in [0.4, 0.5) is 0 Å². The zero-order chi connectivity index (χ0) is 24.2. The largest absolute Gasteiger partial charge is 0.497 e. The van der Waals surface area contributed by atoms with Crippen LogP contribution in [0.5, 0.6) is 5.75 Å². The van der Waals surface area contributed by atoms with Crippen LogP contribution in [0.1, 0.15) is 35.3 Å². The molecule has 0 aliphatic heterocycles. The molecule has 0 spiro atoms. The Bertz CT molecular complexity index is 1380. The molecule has 34 heavy (non-hydrogen) atoms. The van der Waals surface area contributed by atoms with Crippen molar-refractivity contribution >= 4 is 28.6 Å². The maximum Gasteiger partial charge on any atom is 0.266 e. The summed E-state index contributed by atoms with van der Waals surface area (Å²) in [7, 11) is 1.61. The van der Waals surface area contributed by atoms with Crippen molar-refractivity contribution in [3.05, 3.63) is 93.8 Å². The highest BCUT2D eigenvalue weighted by Gasteiger charge is 2.16. The van der Waals surface area contributed by atoms with Crippen molar-refractivity contribution < 1.29 is 9.53 Å². The van der Waals surface area contributed by atoms with Gasteiger partial charge >= 0.3 is 0 Å². The normalized spacial score (nSPS) is 11.1. The van der Waals surface area contributed by atoms with Gasteiger partial charge in [-0.25, -0.2) is 4.98 Å². The van der Waals surface area contributed by atoms with E-state index in [1.807, 2.05) is 38.1 Å². The lowest BCUT2D eigenvalue weighted by Gasteiger charge is -2.14. The van der Waals surface area contributed by atoms with Gasteiger partial charge in [-0.15, -0.1) is 0 Å². The van der Waals surface area contributed by atoms with Gasteiger partial charge in [-0.3, -0.25) is 14.2 Å². The number of carbonyl (C=O) groups is 1. The van der Waals surface area contributed by atoms with Crippen LogP contribution in [0.2, 0.25) is 0 Å². The monoisotopic (exact) mass is 473 g/mol. The van der Waals surface area contributed by atoms with Gasteiger partial charge in [0.1, 0.15) is 5.75 Å². The van der Waals surface area contributed by atoms with E-state index in [0.29, 0.717) is 38.8 Å². The summed E-state index contributed by atoms with van der Waals surface area (Å²) in [6.45, 7) is 5.87. The number of fused-ring (bicyclic) bond motifs is 1. The number of methoxy groups -OCH3 is 1. The molecule has 0 aliphatic rings. The summed E-state index contributed by atoms with van der Waals surface area (Å²) >= 11 is 1.48. The van der Waals surface area contributed by atoms with Gasteiger partial charge in [-0.1, -0.05) is 41.6 Å². The van der Waals surface area contributed by atoms with E-state index >= 15 is 0 Å². The van der Waals surface area contributed by atoms with Crippen LogP contribution in [-0.4, -0.2) is 28.6 Å². The fraction of sp³-hybridized carbons (Fsp3) is 0.222. The lowest BCUT2D eigenvalue weighted by Crippen LogP contribution is -2.30. The van der Waals surface area contributed by atoms with E-state index in [0.717, 1.165) is 5.56 Å². The molecule has 0 saturated heterocycles. The lowest BCUT2D eigenvalue weighted by atomic mass is 10.1. The predicted octanol–water partition coefficient (Wildman–Crippen LogP) is 5.13. The topological polar surface area (TPSA) is 73.2 Å². The average Bonchev–Trinajstić information content (AvgIpc) is 2.83. The number of aryl methyl sites for hydroxylation is 1. The molecule has 6 nitrogen and oxygen atoms in total. The van der Waals surface area contributed by atoms with E-state index in [9.17, 15) is 9.59 Å². The Labute approximate surface area is 203 Å². The van der Waals surface area contributed by atoms with Crippen LogP contribution in [0.15, 0.2) is 76.7 Å². The van der Waals surface area contributed by atoms with Gasteiger partial charge in [-0.2, -0.15) is 0 Å². The predicted molar refractivity (Wildman–Crippen MR) is 137 cm³/mol. The van der Waals surface area contributed by atoms with Crippen molar-refractivity contribution in [1.82, 2.24) is 14.9 Å². The van der Waals surface area contributed by atoms with Gasteiger partial charge in [0.2, 0.25) is 0 Å². The first kappa shape index (κ1) is 23.6. The zero-order valence-electron chi connectivity index (χ0n) is 19.7. The first-order chi connectivity index (χ1) is 16.4. The van der Waals surface area contributed by atoms with Crippen LogP contribution >= 0.6 is 11.8 Å². The van der Waals surface area contributed by atoms with Gasteiger partial charge in [0.15, 0.2) is 5.16 Å². The lowest BCUT2D eigenvalue weighted by molar-refractivity contribution is 0.0943. The highest BCUT2D eigenvalue weighted by Crippen LogP contribution is 2.26. The van der Waals surface area contributed by atoms with Crippen LogP contribution < -0.4 is 15.6 Å². The van der Waals surface area contributed by atoms with Crippen LogP contribution in [0.3, 0.4) is 0 Å². The van der Waals surface area contributed by atoms with E-state index in [2.05, 4.69) is 36.5 Å². The molecular weight excluding hydrogens is 446 g/mol. The Morgan fingerprint density at radius 2 is 1.76 bits per heavy atom. The fourth-order valence-electron chi connectivity index (χ4n) is 3.54. The molecule has 1 amide bonds. The Hall–Kier alpha value is -3.58. The Morgan fingerprint density at radius 3 is 2.41 bits per heavy atom. The third-order valence-electron chi connectivity index (χ3n) is 5.34. The second-order valence-electron chi connectivity index (χ2n) is 8.37. The maximum atomic E-state index is 13.6. The number of benzene rings is 3. The highest BCUT2D eigenvalue weighted by atomic mass is 32.2. The molecular formula is C27H27N3O3S. The first-order valence-corrected chi connectivity index (χ1v) is 12.0. The molecule has 0 radical (unpaired) electrons. The number of nitrogens with one attached hydrogen (secondary N) is 1. The summed E-state index contributed by atoms with van der Waals surface area (Å²) < 4.78 is 6.89. The molecule has 0 atom stereocenters. The minimum absolute atomic E-state index is 0.0138. The van der Waals surface area contributed by atoms with Gasteiger partial charge in [-0.05, 0) is 68.8 Å². The smallest absolute Gasteiger partial charge is 0.266 e. The quantitative estimate of drug-likeness (QED) is 0.297. The second-order valence-corrected chi connectivity index (χ2v) is 9.31.